The minimum Gasteiger partial charge on any atom is -0.261 e. The minimum atomic E-state index is -0.485. The van der Waals surface area contributed by atoms with E-state index < -0.39 is 4.92 Å². The van der Waals surface area contributed by atoms with Crippen LogP contribution in [0.5, 0.6) is 0 Å². The number of aromatic nitrogens is 2. The molecule has 0 unspecified atom stereocenters. The molecule has 0 spiro atoms. The first-order valence-electron chi connectivity index (χ1n) is 4.19. The normalized spacial score (nSPS) is 9.79. The summed E-state index contributed by atoms with van der Waals surface area (Å²) in [6.07, 6.45) is 0.0188. The highest BCUT2D eigenvalue weighted by atomic mass is 16.6. The molecule has 6 heteroatoms. The number of hydrogen-bond donors (Lipinski definition) is 0. The van der Waals surface area contributed by atoms with Gasteiger partial charge in [-0.1, -0.05) is 0 Å². The minimum absolute atomic E-state index is 0.0188. The van der Waals surface area contributed by atoms with Crippen LogP contribution in [-0.2, 0) is 13.0 Å². The molecule has 0 radical (unpaired) electrons. The molecule has 0 N–H and O–H groups in total. The maximum absolute atomic E-state index is 10.7. The lowest BCUT2D eigenvalue weighted by molar-refractivity contribution is -0.386. The van der Waals surface area contributed by atoms with E-state index in [2.05, 4.69) is 5.10 Å². The van der Waals surface area contributed by atoms with E-state index in [1.54, 1.807) is 6.92 Å². The van der Waals surface area contributed by atoms with Gasteiger partial charge in [0.25, 0.3) is 0 Å². The summed E-state index contributed by atoms with van der Waals surface area (Å²) in [4.78, 5) is 10.2. The third-order valence-corrected chi connectivity index (χ3v) is 1.93. The molecule has 0 fully saturated rings. The molecule has 74 valence electrons. The van der Waals surface area contributed by atoms with Gasteiger partial charge in [-0.2, -0.15) is 10.4 Å². The van der Waals surface area contributed by atoms with Gasteiger partial charge < -0.3 is 0 Å². The second-order valence-electron chi connectivity index (χ2n) is 2.79. The van der Waals surface area contributed by atoms with Crippen molar-refractivity contribution in [1.82, 2.24) is 9.78 Å². The maximum Gasteiger partial charge on any atom is 0.314 e. The SMILES string of the molecule is CCn1nc(C)c([N+](=O)[O-])c1CC#N. The molecule has 0 bridgehead atoms. The molecular formula is C8H10N4O2. The molecule has 0 saturated carbocycles. The van der Waals surface area contributed by atoms with Gasteiger partial charge in [0.1, 0.15) is 11.4 Å². The van der Waals surface area contributed by atoms with Crippen LogP contribution in [0.2, 0.25) is 0 Å². The van der Waals surface area contributed by atoms with E-state index in [-0.39, 0.29) is 12.1 Å². The van der Waals surface area contributed by atoms with Gasteiger partial charge in [-0.05, 0) is 13.8 Å². The molecule has 0 aliphatic carbocycles. The lowest BCUT2D eigenvalue weighted by Crippen LogP contribution is -2.03. The molecule has 0 aliphatic heterocycles. The summed E-state index contributed by atoms with van der Waals surface area (Å²) in [5.74, 6) is 0. The molecule has 0 aromatic carbocycles. The fourth-order valence-corrected chi connectivity index (χ4v) is 1.37. The molecule has 0 amide bonds. The van der Waals surface area contributed by atoms with Gasteiger partial charge >= 0.3 is 5.69 Å². The third-order valence-electron chi connectivity index (χ3n) is 1.93. The summed E-state index contributed by atoms with van der Waals surface area (Å²) >= 11 is 0. The first kappa shape index (κ1) is 10.2. The van der Waals surface area contributed by atoms with Crippen LogP contribution < -0.4 is 0 Å². The van der Waals surface area contributed by atoms with Crippen LogP contribution in [0.25, 0.3) is 0 Å². The van der Waals surface area contributed by atoms with Crippen molar-refractivity contribution in [2.45, 2.75) is 26.8 Å². The van der Waals surface area contributed by atoms with Gasteiger partial charge in [0.15, 0.2) is 0 Å². The summed E-state index contributed by atoms with van der Waals surface area (Å²) in [5.41, 5.74) is 0.716. The summed E-state index contributed by atoms with van der Waals surface area (Å²) in [6, 6.07) is 1.90. The van der Waals surface area contributed by atoms with Crippen molar-refractivity contribution in [3.63, 3.8) is 0 Å². The molecule has 0 aliphatic rings. The van der Waals surface area contributed by atoms with Crippen molar-refractivity contribution < 1.29 is 4.92 Å². The summed E-state index contributed by atoms with van der Waals surface area (Å²) in [7, 11) is 0. The summed E-state index contributed by atoms with van der Waals surface area (Å²) in [5, 5.41) is 23.2. The smallest absolute Gasteiger partial charge is 0.261 e. The number of rotatable bonds is 3. The average Bonchev–Trinajstić information content (AvgIpc) is 2.43. The average molecular weight is 194 g/mol. The van der Waals surface area contributed by atoms with Crippen LogP contribution >= 0.6 is 0 Å². The van der Waals surface area contributed by atoms with Gasteiger partial charge in [-0.15, -0.1) is 0 Å². The molecule has 1 heterocycles. The first-order valence-corrected chi connectivity index (χ1v) is 4.19. The van der Waals surface area contributed by atoms with E-state index in [1.165, 1.54) is 4.68 Å². The van der Waals surface area contributed by atoms with E-state index >= 15 is 0 Å². The lowest BCUT2D eigenvalue weighted by atomic mass is 10.2. The second-order valence-corrected chi connectivity index (χ2v) is 2.79. The summed E-state index contributed by atoms with van der Waals surface area (Å²) in [6.45, 7) is 3.94. The van der Waals surface area contributed by atoms with Crippen molar-refractivity contribution in [2.24, 2.45) is 0 Å². The van der Waals surface area contributed by atoms with Gasteiger partial charge in [0, 0.05) is 6.54 Å². The van der Waals surface area contributed by atoms with Crippen LogP contribution in [0.3, 0.4) is 0 Å². The number of hydrogen-bond acceptors (Lipinski definition) is 4. The van der Waals surface area contributed by atoms with Crippen molar-refractivity contribution >= 4 is 5.69 Å². The molecule has 14 heavy (non-hydrogen) atoms. The number of aryl methyl sites for hydroxylation is 2. The Hall–Kier alpha value is -1.90. The van der Waals surface area contributed by atoms with Crippen LogP contribution in [0.1, 0.15) is 18.3 Å². The second kappa shape index (κ2) is 3.87. The molecular weight excluding hydrogens is 184 g/mol. The Morgan fingerprint density at radius 2 is 2.36 bits per heavy atom. The predicted molar refractivity (Wildman–Crippen MR) is 48.6 cm³/mol. The van der Waals surface area contributed by atoms with Crippen molar-refractivity contribution in [3.8, 4) is 6.07 Å². The molecule has 0 saturated heterocycles. The van der Waals surface area contributed by atoms with Crippen molar-refractivity contribution in [1.29, 1.82) is 5.26 Å². The Balaban J connectivity index is 3.32. The van der Waals surface area contributed by atoms with Gasteiger partial charge in [0.2, 0.25) is 0 Å². The zero-order valence-corrected chi connectivity index (χ0v) is 8.02. The highest BCUT2D eigenvalue weighted by Crippen LogP contribution is 2.22. The standard InChI is InChI=1S/C8H10N4O2/c1-3-11-7(4-5-9)8(12(13)14)6(2)10-11/h3-4H2,1-2H3. The monoisotopic (exact) mass is 194 g/mol. The largest absolute Gasteiger partial charge is 0.314 e. The van der Waals surface area contributed by atoms with Crippen LogP contribution in [0.15, 0.2) is 0 Å². The fraction of sp³-hybridized carbons (Fsp3) is 0.500. The lowest BCUT2D eigenvalue weighted by Gasteiger charge is -1.97. The van der Waals surface area contributed by atoms with Crippen LogP contribution in [-0.4, -0.2) is 14.7 Å². The van der Waals surface area contributed by atoms with E-state index in [0.29, 0.717) is 17.9 Å². The van der Waals surface area contributed by atoms with E-state index in [0.717, 1.165) is 0 Å². The number of nitro groups is 1. The zero-order valence-electron chi connectivity index (χ0n) is 8.02. The predicted octanol–water partition coefficient (Wildman–Crippen LogP) is 1.19. The van der Waals surface area contributed by atoms with E-state index in [1.807, 2.05) is 13.0 Å². The fourth-order valence-electron chi connectivity index (χ4n) is 1.37. The van der Waals surface area contributed by atoms with Crippen LogP contribution in [0.4, 0.5) is 5.69 Å². The Morgan fingerprint density at radius 3 is 2.79 bits per heavy atom. The van der Waals surface area contributed by atoms with Crippen molar-refractivity contribution in [3.05, 3.63) is 21.5 Å². The molecule has 0 atom stereocenters. The van der Waals surface area contributed by atoms with Gasteiger partial charge in [-0.25, -0.2) is 0 Å². The van der Waals surface area contributed by atoms with Crippen LogP contribution in [0, 0.1) is 28.4 Å². The molecule has 1 aromatic rings. The van der Waals surface area contributed by atoms with Crippen molar-refractivity contribution in [2.75, 3.05) is 0 Å². The number of nitrogens with zero attached hydrogens (tertiary/aromatic N) is 4. The third kappa shape index (κ3) is 1.57. The quantitative estimate of drug-likeness (QED) is 0.534. The molecule has 6 nitrogen and oxygen atoms in total. The van der Waals surface area contributed by atoms with Gasteiger partial charge in [0.05, 0.1) is 17.4 Å². The van der Waals surface area contributed by atoms with E-state index in [9.17, 15) is 10.1 Å². The Bertz CT molecular complexity index is 402. The Morgan fingerprint density at radius 1 is 1.71 bits per heavy atom. The topological polar surface area (TPSA) is 84.8 Å². The molecule has 1 aromatic heterocycles. The highest BCUT2D eigenvalue weighted by Gasteiger charge is 2.23. The van der Waals surface area contributed by atoms with E-state index in [4.69, 9.17) is 5.26 Å². The van der Waals surface area contributed by atoms with Gasteiger partial charge in [-0.3, -0.25) is 14.8 Å². The zero-order chi connectivity index (χ0) is 10.7. The summed E-state index contributed by atoms with van der Waals surface area (Å²) < 4.78 is 1.50. The Labute approximate surface area is 80.9 Å². The first-order chi connectivity index (χ1) is 6.61. The molecule has 1 rings (SSSR count). The number of nitriles is 1. The maximum atomic E-state index is 10.7. The highest BCUT2D eigenvalue weighted by molar-refractivity contribution is 5.41. The Kier molecular flexibility index (Phi) is 2.82.